The fourth-order valence-corrected chi connectivity index (χ4v) is 5.24. The van der Waals surface area contributed by atoms with Gasteiger partial charge in [0.25, 0.3) is 0 Å². The second-order valence-electron chi connectivity index (χ2n) is 10.2. The lowest BCUT2D eigenvalue weighted by molar-refractivity contribution is -0.137. The minimum Gasteiger partial charge on any atom is -0.481 e. The molecule has 1 aromatic heterocycles. The van der Waals surface area contributed by atoms with Crippen LogP contribution < -0.4 is 11.1 Å². The fourth-order valence-electron chi connectivity index (χ4n) is 5.24. The monoisotopic (exact) mass is 490 g/mol. The van der Waals surface area contributed by atoms with Crippen molar-refractivity contribution >= 4 is 17.3 Å². The molecule has 3 aromatic rings. The summed E-state index contributed by atoms with van der Waals surface area (Å²) in [6.45, 7) is 10.1. The zero-order chi connectivity index (χ0) is 26.0. The molecule has 36 heavy (non-hydrogen) atoms. The maximum atomic E-state index is 11.9. The molecule has 1 fully saturated rings. The molecule has 4 rings (SSSR count). The van der Waals surface area contributed by atoms with Crippen molar-refractivity contribution in [3.8, 4) is 0 Å². The number of rotatable bonds is 9. The number of likely N-dealkylation sites (tertiary alicyclic amines) is 1. The largest absolute Gasteiger partial charge is 0.481 e. The first-order valence-electron chi connectivity index (χ1n) is 12.7. The summed E-state index contributed by atoms with van der Waals surface area (Å²) in [5.74, 6) is 1.05. The van der Waals surface area contributed by atoms with E-state index >= 15 is 0 Å². The molecule has 1 aliphatic rings. The lowest BCUT2D eigenvalue weighted by Crippen LogP contribution is -2.24. The van der Waals surface area contributed by atoms with E-state index in [0.717, 1.165) is 60.0 Å². The van der Waals surface area contributed by atoms with Crippen LogP contribution in [0.4, 0.5) is 11.4 Å². The van der Waals surface area contributed by atoms with E-state index in [2.05, 4.69) is 64.4 Å². The van der Waals surface area contributed by atoms with Crippen molar-refractivity contribution < 1.29 is 9.90 Å². The topological polar surface area (TPSA) is 120 Å². The van der Waals surface area contributed by atoms with Gasteiger partial charge < -0.3 is 21.1 Å². The van der Waals surface area contributed by atoms with Gasteiger partial charge in [-0.25, -0.2) is 0 Å². The van der Waals surface area contributed by atoms with Gasteiger partial charge in [0.2, 0.25) is 0 Å². The number of nitrogens with two attached hydrogens (primary N) is 1. The Labute approximate surface area is 213 Å². The molecule has 0 bridgehead atoms. The van der Waals surface area contributed by atoms with Gasteiger partial charge in [-0.2, -0.15) is 0 Å². The summed E-state index contributed by atoms with van der Waals surface area (Å²) in [5, 5.41) is 21.7. The third-order valence-electron chi connectivity index (χ3n) is 7.48. The number of aromatic amines is 1. The van der Waals surface area contributed by atoms with E-state index < -0.39 is 5.97 Å². The Morgan fingerprint density at radius 1 is 1.25 bits per heavy atom. The van der Waals surface area contributed by atoms with E-state index in [-0.39, 0.29) is 18.4 Å². The van der Waals surface area contributed by atoms with Gasteiger partial charge in [-0.05, 0) is 67.1 Å². The van der Waals surface area contributed by atoms with Gasteiger partial charge in [0.05, 0.1) is 23.8 Å². The average Bonchev–Trinajstić information content (AvgIpc) is 3.50. The molecule has 8 nitrogen and oxygen atoms in total. The number of H-pyrrole nitrogens is 1. The summed E-state index contributed by atoms with van der Waals surface area (Å²) in [7, 11) is 1.83. The van der Waals surface area contributed by atoms with Crippen molar-refractivity contribution in [2.24, 2.45) is 0 Å². The van der Waals surface area contributed by atoms with Crippen LogP contribution in [0.3, 0.4) is 0 Å². The first-order chi connectivity index (χ1) is 17.2. The number of hydrogen-bond acceptors (Lipinski definition) is 6. The van der Waals surface area contributed by atoms with Crippen LogP contribution in [-0.2, 0) is 11.3 Å². The lowest BCUT2D eigenvalue weighted by Gasteiger charge is -2.25. The van der Waals surface area contributed by atoms with Crippen molar-refractivity contribution in [2.45, 2.75) is 71.4 Å². The van der Waals surface area contributed by atoms with E-state index in [9.17, 15) is 9.90 Å². The Balaban J connectivity index is 1.65. The summed E-state index contributed by atoms with van der Waals surface area (Å²) in [6.07, 6.45) is 2.16. The quantitative estimate of drug-likeness (QED) is 0.308. The number of aliphatic carboxylic acids is 1. The van der Waals surface area contributed by atoms with Crippen LogP contribution in [-0.4, -0.2) is 44.7 Å². The molecular weight excluding hydrogens is 452 g/mol. The van der Waals surface area contributed by atoms with Crippen molar-refractivity contribution in [1.82, 2.24) is 20.1 Å². The van der Waals surface area contributed by atoms with Gasteiger partial charge in [-0.1, -0.05) is 38.1 Å². The number of aromatic nitrogens is 3. The van der Waals surface area contributed by atoms with Crippen LogP contribution >= 0.6 is 0 Å². The van der Waals surface area contributed by atoms with Crippen molar-refractivity contribution in [2.75, 3.05) is 24.6 Å². The SMILES string of the molecule is CNc1ccc(C(CC(=O)O)c2ccc(C)c(CN3CCCC3c3nnc(C(C)C)[nH]3)c2)c(C)c1N. The second-order valence-corrected chi connectivity index (χ2v) is 10.2. The summed E-state index contributed by atoms with van der Waals surface area (Å²) < 4.78 is 0. The molecule has 2 atom stereocenters. The van der Waals surface area contributed by atoms with Crippen LogP contribution in [0.2, 0.25) is 0 Å². The molecule has 1 saturated heterocycles. The van der Waals surface area contributed by atoms with Gasteiger partial charge in [0.1, 0.15) is 11.6 Å². The number of carboxylic acid groups (broad SMARTS) is 1. The number of nitrogens with one attached hydrogen (secondary N) is 2. The first kappa shape index (κ1) is 25.7. The molecule has 2 heterocycles. The van der Waals surface area contributed by atoms with Gasteiger partial charge in [0, 0.05) is 25.4 Å². The number of hydrogen-bond donors (Lipinski definition) is 4. The predicted molar refractivity (Wildman–Crippen MR) is 143 cm³/mol. The highest BCUT2D eigenvalue weighted by atomic mass is 16.4. The minimum absolute atomic E-state index is 0.00403. The Morgan fingerprint density at radius 3 is 2.69 bits per heavy atom. The Kier molecular flexibility index (Phi) is 7.64. The Morgan fingerprint density at radius 2 is 2.03 bits per heavy atom. The van der Waals surface area contributed by atoms with E-state index in [4.69, 9.17) is 5.73 Å². The average molecular weight is 491 g/mol. The molecule has 2 aromatic carbocycles. The van der Waals surface area contributed by atoms with Crippen LogP contribution in [0, 0.1) is 13.8 Å². The number of carboxylic acids is 1. The molecule has 0 saturated carbocycles. The van der Waals surface area contributed by atoms with E-state index in [0.29, 0.717) is 11.6 Å². The van der Waals surface area contributed by atoms with Crippen molar-refractivity contribution in [1.29, 1.82) is 0 Å². The molecule has 0 aliphatic carbocycles. The number of benzene rings is 2. The lowest BCUT2D eigenvalue weighted by atomic mass is 9.84. The summed E-state index contributed by atoms with van der Waals surface area (Å²) in [4.78, 5) is 17.8. The third kappa shape index (κ3) is 5.23. The second kappa shape index (κ2) is 10.7. The molecule has 192 valence electrons. The van der Waals surface area contributed by atoms with Gasteiger partial charge in [0.15, 0.2) is 0 Å². The zero-order valence-electron chi connectivity index (χ0n) is 21.9. The minimum atomic E-state index is -0.830. The molecule has 0 radical (unpaired) electrons. The van der Waals surface area contributed by atoms with E-state index in [1.54, 1.807) is 0 Å². The Hall–Kier alpha value is -3.39. The highest BCUT2D eigenvalue weighted by Crippen LogP contribution is 2.37. The number of nitrogens with zero attached hydrogens (tertiary/aromatic N) is 3. The molecule has 5 N–H and O–H groups in total. The van der Waals surface area contributed by atoms with E-state index in [1.807, 2.05) is 26.1 Å². The number of nitrogen functional groups attached to an aromatic ring is 1. The summed E-state index contributed by atoms with van der Waals surface area (Å²) in [6, 6.07) is 10.5. The number of aryl methyl sites for hydroxylation is 1. The summed E-state index contributed by atoms with van der Waals surface area (Å²) >= 11 is 0. The Bertz CT molecular complexity index is 1230. The molecule has 0 spiro atoms. The molecule has 1 aliphatic heterocycles. The van der Waals surface area contributed by atoms with Gasteiger partial charge in [-0.15, -0.1) is 10.2 Å². The number of carbonyl (C=O) groups is 1. The van der Waals surface area contributed by atoms with Crippen LogP contribution in [0.1, 0.15) is 90.5 Å². The van der Waals surface area contributed by atoms with Gasteiger partial charge >= 0.3 is 5.97 Å². The van der Waals surface area contributed by atoms with Crippen LogP contribution in [0.5, 0.6) is 0 Å². The summed E-state index contributed by atoms with van der Waals surface area (Å²) in [5.41, 5.74) is 13.1. The third-order valence-corrected chi connectivity index (χ3v) is 7.48. The maximum Gasteiger partial charge on any atom is 0.304 e. The maximum absolute atomic E-state index is 11.9. The standard InChI is InChI=1S/C28H38N6O2/c1-16(2)27-31-28(33-32-27)24-7-6-12-34(24)15-20-13-19(9-8-17(20)3)22(14-25(35)36)21-10-11-23(30-5)26(29)18(21)4/h8-11,13,16,22,24,30H,6-7,12,14-15,29H2,1-5H3,(H,35,36)(H,31,32,33). The molecular formula is C28H38N6O2. The van der Waals surface area contributed by atoms with Crippen LogP contribution in [0.15, 0.2) is 30.3 Å². The normalized spacial score (nSPS) is 17.0. The van der Waals surface area contributed by atoms with Gasteiger partial charge in [-0.3, -0.25) is 9.69 Å². The number of anilines is 2. The first-order valence-corrected chi connectivity index (χ1v) is 12.7. The van der Waals surface area contributed by atoms with Crippen molar-refractivity contribution in [3.63, 3.8) is 0 Å². The zero-order valence-corrected chi connectivity index (χ0v) is 21.9. The fraction of sp³-hybridized carbons (Fsp3) is 0.464. The highest BCUT2D eigenvalue weighted by Gasteiger charge is 2.30. The van der Waals surface area contributed by atoms with E-state index in [1.165, 1.54) is 11.1 Å². The molecule has 0 amide bonds. The smallest absolute Gasteiger partial charge is 0.304 e. The van der Waals surface area contributed by atoms with Crippen molar-refractivity contribution in [3.05, 3.63) is 69.8 Å². The molecule has 8 heteroatoms. The predicted octanol–water partition coefficient (Wildman–Crippen LogP) is 5.11. The van der Waals surface area contributed by atoms with Crippen LogP contribution in [0.25, 0.3) is 0 Å². The molecule has 2 unspecified atom stereocenters. The highest BCUT2D eigenvalue weighted by molar-refractivity contribution is 5.74.